The van der Waals surface area contributed by atoms with Crippen molar-refractivity contribution in [2.75, 3.05) is 6.61 Å². The Morgan fingerprint density at radius 2 is 1.90 bits per heavy atom. The van der Waals surface area contributed by atoms with E-state index in [1.54, 1.807) is 0 Å². The number of benzene rings is 1. The van der Waals surface area contributed by atoms with E-state index in [9.17, 15) is 14.0 Å². The van der Waals surface area contributed by atoms with Gasteiger partial charge in [0.05, 0.1) is 11.1 Å². The van der Waals surface area contributed by atoms with Gasteiger partial charge in [-0.15, -0.1) is 0 Å². The quantitative estimate of drug-likeness (QED) is 0.685. The predicted molar refractivity (Wildman–Crippen MR) is 110 cm³/mol. The van der Waals surface area contributed by atoms with E-state index in [4.69, 9.17) is 21.1 Å². The van der Waals surface area contributed by atoms with Crippen molar-refractivity contribution in [1.29, 1.82) is 0 Å². The largest absolute Gasteiger partial charge is 0.484 e. The molecule has 164 valence electrons. The molecule has 2 N–H and O–H groups in total. The third-order valence-electron chi connectivity index (χ3n) is 6.65. The van der Waals surface area contributed by atoms with Crippen LogP contribution in [0.25, 0.3) is 0 Å². The Bertz CT molecular complexity index is 801. The Hall–Kier alpha value is -1.86. The minimum Gasteiger partial charge on any atom is -0.484 e. The highest BCUT2D eigenvalue weighted by Crippen LogP contribution is 2.46. The van der Waals surface area contributed by atoms with Crippen LogP contribution in [-0.2, 0) is 14.3 Å². The summed E-state index contributed by atoms with van der Waals surface area (Å²) in [6, 6.07) is 4.14. The maximum Gasteiger partial charge on any atom is 0.258 e. The van der Waals surface area contributed by atoms with Gasteiger partial charge in [0.25, 0.3) is 5.91 Å². The predicted octanol–water partition coefficient (Wildman–Crippen LogP) is 3.22. The summed E-state index contributed by atoms with van der Waals surface area (Å²) >= 11 is 5.65. The van der Waals surface area contributed by atoms with Crippen LogP contribution in [0.2, 0.25) is 5.02 Å². The fourth-order valence-electron chi connectivity index (χ4n) is 4.82. The third kappa shape index (κ3) is 4.72. The molecule has 1 aromatic rings. The van der Waals surface area contributed by atoms with Crippen molar-refractivity contribution < 1.29 is 23.5 Å². The van der Waals surface area contributed by atoms with Crippen LogP contribution in [0.3, 0.4) is 0 Å². The molecule has 1 aliphatic heterocycles. The highest BCUT2D eigenvalue weighted by atomic mass is 35.5. The number of ether oxygens (including phenoxy) is 2. The molecule has 2 bridgehead atoms. The van der Waals surface area contributed by atoms with Gasteiger partial charge < -0.3 is 20.1 Å². The SMILES string of the molecule is CCC1CCC(C(=O)NC2CC(NC(=O)COc3ccc(Cl)c(F)c3)C3CC2C3)O1. The van der Waals surface area contributed by atoms with E-state index in [-0.39, 0.29) is 53.5 Å². The molecule has 3 aliphatic carbocycles. The number of carbonyl (C=O) groups is 2. The summed E-state index contributed by atoms with van der Waals surface area (Å²) in [5, 5.41) is 6.20. The average Bonchev–Trinajstić information content (AvgIpc) is 3.17. The summed E-state index contributed by atoms with van der Waals surface area (Å²) in [6.07, 6.45) is 5.18. The van der Waals surface area contributed by atoms with Gasteiger partial charge >= 0.3 is 0 Å². The van der Waals surface area contributed by atoms with Crippen LogP contribution in [0.5, 0.6) is 5.75 Å². The van der Waals surface area contributed by atoms with Crippen molar-refractivity contribution in [3.8, 4) is 5.75 Å². The Morgan fingerprint density at radius 3 is 2.57 bits per heavy atom. The van der Waals surface area contributed by atoms with Crippen LogP contribution in [0.1, 0.15) is 45.4 Å². The van der Waals surface area contributed by atoms with Gasteiger partial charge in [0.2, 0.25) is 5.91 Å². The highest BCUT2D eigenvalue weighted by Gasteiger charge is 2.47. The number of hydrogen-bond acceptors (Lipinski definition) is 4. The molecule has 1 heterocycles. The number of fused-ring (bicyclic) bond motifs is 2. The van der Waals surface area contributed by atoms with E-state index in [1.807, 2.05) is 0 Å². The Balaban J connectivity index is 1.25. The van der Waals surface area contributed by atoms with Crippen molar-refractivity contribution in [2.24, 2.45) is 11.8 Å². The van der Waals surface area contributed by atoms with Gasteiger partial charge in [0.15, 0.2) is 6.61 Å². The lowest BCUT2D eigenvalue weighted by atomic mass is 9.60. The number of nitrogens with one attached hydrogen (secondary N) is 2. The molecule has 4 aliphatic rings. The maximum atomic E-state index is 13.5. The fraction of sp³-hybridized carbons (Fsp3) is 0.636. The molecule has 0 radical (unpaired) electrons. The normalized spacial score (nSPS) is 32.2. The number of hydrogen-bond donors (Lipinski definition) is 2. The van der Waals surface area contributed by atoms with Crippen LogP contribution < -0.4 is 15.4 Å². The first-order valence-corrected chi connectivity index (χ1v) is 11.1. The average molecular weight is 439 g/mol. The van der Waals surface area contributed by atoms with Gasteiger partial charge in [0.1, 0.15) is 17.7 Å². The van der Waals surface area contributed by atoms with E-state index in [0.29, 0.717) is 18.3 Å². The molecule has 1 saturated heterocycles. The van der Waals surface area contributed by atoms with E-state index >= 15 is 0 Å². The first kappa shape index (κ1) is 21.4. The third-order valence-corrected chi connectivity index (χ3v) is 6.95. The summed E-state index contributed by atoms with van der Waals surface area (Å²) in [6.45, 7) is 1.88. The molecular weight excluding hydrogens is 411 g/mol. The molecule has 8 heteroatoms. The number of carbonyl (C=O) groups excluding carboxylic acids is 2. The Kier molecular flexibility index (Phi) is 6.48. The lowest BCUT2D eigenvalue weighted by Crippen LogP contribution is -2.60. The van der Waals surface area contributed by atoms with Crippen LogP contribution in [-0.4, -0.2) is 42.7 Å². The second kappa shape index (κ2) is 9.10. The lowest BCUT2D eigenvalue weighted by Gasteiger charge is -2.51. The summed E-state index contributed by atoms with van der Waals surface area (Å²) in [5.41, 5.74) is 0. The molecule has 3 saturated carbocycles. The number of amides is 2. The first-order valence-electron chi connectivity index (χ1n) is 10.8. The molecule has 30 heavy (non-hydrogen) atoms. The molecule has 0 aromatic heterocycles. The minimum absolute atomic E-state index is 0.00578. The van der Waals surface area contributed by atoms with E-state index in [2.05, 4.69) is 17.6 Å². The Labute approximate surface area is 180 Å². The fourth-order valence-corrected chi connectivity index (χ4v) is 4.93. The molecule has 2 amide bonds. The lowest BCUT2D eigenvalue weighted by molar-refractivity contribution is -0.135. The topological polar surface area (TPSA) is 76.7 Å². The van der Waals surface area contributed by atoms with Crippen LogP contribution >= 0.6 is 11.6 Å². The monoisotopic (exact) mass is 438 g/mol. The van der Waals surface area contributed by atoms with Gasteiger partial charge in [-0.05, 0) is 62.5 Å². The van der Waals surface area contributed by atoms with Gasteiger partial charge in [-0.1, -0.05) is 18.5 Å². The minimum atomic E-state index is -0.586. The summed E-state index contributed by atoms with van der Waals surface area (Å²) in [7, 11) is 0. The molecular formula is C22H28ClFN2O4. The van der Waals surface area contributed by atoms with Gasteiger partial charge in [-0.25, -0.2) is 4.39 Å². The second-order valence-corrected chi connectivity index (χ2v) is 9.02. The first-order chi connectivity index (χ1) is 14.4. The van der Waals surface area contributed by atoms with Crippen molar-refractivity contribution in [2.45, 2.75) is 69.7 Å². The van der Waals surface area contributed by atoms with Crippen LogP contribution in [0, 0.1) is 17.7 Å². The number of rotatable bonds is 7. The van der Waals surface area contributed by atoms with Crippen LogP contribution in [0.15, 0.2) is 18.2 Å². The Morgan fingerprint density at radius 1 is 1.17 bits per heavy atom. The van der Waals surface area contributed by atoms with Gasteiger partial charge in [-0.2, -0.15) is 0 Å². The van der Waals surface area contributed by atoms with Gasteiger partial charge in [0, 0.05) is 18.2 Å². The van der Waals surface area contributed by atoms with Gasteiger partial charge in [-0.3, -0.25) is 9.59 Å². The molecule has 4 fully saturated rings. The molecule has 5 rings (SSSR count). The van der Waals surface area contributed by atoms with E-state index in [0.717, 1.165) is 38.2 Å². The summed E-state index contributed by atoms with van der Waals surface area (Å²) in [5.74, 6) is 0.301. The van der Waals surface area contributed by atoms with Crippen molar-refractivity contribution in [1.82, 2.24) is 10.6 Å². The van der Waals surface area contributed by atoms with E-state index in [1.165, 1.54) is 12.1 Å². The molecule has 0 spiro atoms. The molecule has 4 unspecified atom stereocenters. The van der Waals surface area contributed by atoms with Crippen LogP contribution in [0.4, 0.5) is 4.39 Å². The zero-order chi connectivity index (χ0) is 21.3. The summed E-state index contributed by atoms with van der Waals surface area (Å²) in [4.78, 5) is 24.9. The second-order valence-electron chi connectivity index (χ2n) is 8.61. The molecule has 4 atom stereocenters. The molecule has 6 nitrogen and oxygen atoms in total. The number of halogens is 2. The smallest absolute Gasteiger partial charge is 0.258 e. The standard InChI is InChI=1S/C22H28ClFN2O4/c1-2-14-4-6-20(30-14)22(28)26-19-10-18(12-7-13(19)8-12)25-21(27)11-29-15-3-5-16(23)17(24)9-15/h3,5,9,12-14,18-20H,2,4,6-8,10-11H2,1H3,(H,25,27)(H,26,28). The van der Waals surface area contributed by atoms with Crippen molar-refractivity contribution in [3.05, 3.63) is 29.0 Å². The zero-order valence-corrected chi connectivity index (χ0v) is 17.8. The van der Waals surface area contributed by atoms with Crippen molar-refractivity contribution in [3.63, 3.8) is 0 Å². The highest BCUT2D eigenvalue weighted by molar-refractivity contribution is 6.30. The van der Waals surface area contributed by atoms with E-state index < -0.39 is 5.82 Å². The zero-order valence-electron chi connectivity index (χ0n) is 17.0. The van der Waals surface area contributed by atoms with Crippen molar-refractivity contribution >= 4 is 23.4 Å². The summed E-state index contributed by atoms with van der Waals surface area (Å²) < 4.78 is 24.7. The maximum absolute atomic E-state index is 13.5. The molecule has 1 aromatic carbocycles.